The van der Waals surface area contributed by atoms with Crippen LogP contribution >= 0.6 is 24.0 Å². The van der Waals surface area contributed by atoms with Gasteiger partial charge in [-0.3, -0.25) is 0 Å². The van der Waals surface area contributed by atoms with E-state index in [1.54, 1.807) is 7.11 Å². The van der Waals surface area contributed by atoms with E-state index in [-0.39, 0.29) is 0 Å². The molecule has 2 N–H and O–H groups in total. The van der Waals surface area contributed by atoms with Gasteiger partial charge in [0.15, 0.2) is 5.11 Å². The standard InChI is InChI=1S/C8H16N2OS2/c1-11-4-3-9-8(12)10-7-2-5-13-6-7/h7H,2-6H2,1H3,(H2,9,10,12). The molecule has 0 aromatic heterocycles. The number of hydrogen-bond acceptors (Lipinski definition) is 3. The van der Waals surface area contributed by atoms with Gasteiger partial charge in [0, 0.05) is 25.4 Å². The van der Waals surface area contributed by atoms with Crippen molar-refractivity contribution in [3.63, 3.8) is 0 Å². The van der Waals surface area contributed by atoms with Gasteiger partial charge in [-0.15, -0.1) is 0 Å². The fraction of sp³-hybridized carbons (Fsp3) is 0.875. The fourth-order valence-corrected chi connectivity index (χ4v) is 2.57. The zero-order chi connectivity index (χ0) is 9.52. The molecule has 0 spiro atoms. The molecule has 0 saturated carbocycles. The first-order chi connectivity index (χ1) is 6.33. The van der Waals surface area contributed by atoms with E-state index in [9.17, 15) is 0 Å². The van der Waals surface area contributed by atoms with Gasteiger partial charge in [0.1, 0.15) is 0 Å². The van der Waals surface area contributed by atoms with Crippen molar-refractivity contribution < 1.29 is 4.74 Å². The summed E-state index contributed by atoms with van der Waals surface area (Å²) in [5.74, 6) is 2.42. The monoisotopic (exact) mass is 220 g/mol. The second-order valence-electron chi connectivity index (χ2n) is 2.95. The summed E-state index contributed by atoms with van der Waals surface area (Å²) in [4.78, 5) is 0. The number of ether oxygens (including phenoxy) is 1. The van der Waals surface area contributed by atoms with Crippen LogP contribution in [0.5, 0.6) is 0 Å². The number of methoxy groups -OCH3 is 1. The highest BCUT2D eigenvalue weighted by Crippen LogP contribution is 2.16. The number of hydrogen-bond donors (Lipinski definition) is 2. The van der Waals surface area contributed by atoms with E-state index in [0.29, 0.717) is 12.6 Å². The molecule has 0 bridgehead atoms. The number of rotatable bonds is 4. The van der Waals surface area contributed by atoms with Crippen molar-refractivity contribution in [3.05, 3.63) is 0 Å². The third kappa shape index (κ3) is 4.69. The van der Waals surface area contributed by atoms with Crippen molar-refractivity contribution in [2.24, 2.45) is 0 Å². The Hall–Kier alpha value is 0. The second-order valence-corrected chi connectivity index (χ2v) is 4.51. The normalized spacial score (nSPS) is 21.5. The molecule has 5 heteroatoms. The van der Waals surface area contributed by atoms with E-state index in [4.69, 9.17) is 17.0 Å². The molecule has 1 aliphatic rings. The Labute approximate surface area is 89.0 Å². The van der Waals surface area contributed by atoms with E-state index >= 15 is 0 Å². The third-order valence-electron chi connectivity index (χ3n) is 1.86. The Morgan fingerprint density at radius 3 is 3.15 bits per heavy atom. The molecule has 0 aromatic carbocycles. The minimum Gasteiger partial charge on any atom is -0.383 e. The molecule has 13 heavy (non-hydrogen) atoms. The molecule has 1 saturated heterocycles. The van der Waals surface area contributed by atoms with Crippen LogP contribution in [-0.2, 0) is 4.74 Å². The lowest BCUT2D eigenvalue weighted by atomic mass is 10.3. The van der Waals surface area contributed by atoms with Gasteiger partial charge >= 0.3 is 0 Å². The van der Waals surface area contributed by atoms with Crippen LogP contribution < -0.4 is 10.6 Å². The van der Waals surface area contributed by atoms with Crippen LogP contribution in [0.4, 0.5) is 0 Å². The molecule has 0 aromatic rings. The highest BCUT2D eigenvalue weighted by Gasteiger charge is 2.15. The van der Waals surface area contributed by atoms with Gasteiger partial charge in [-0.05, 0) is 24.4 Å². The van der Waals surface area contributed by atoms with Crippen molar-refractivity contribution in [2.45, 2.75) is 12.5 Å². The van der Waals surface area contributed by atoms with E-state index < -0.39 is 0 Å². The van der Waals surface area contributed by atoms with Crippen LogP contribution in [0.1, 0.15) is 6.42 Å². The first kappa shape index (κ1) is 11.1. The van der Waals surface area contributed by atoms with Gasteiger partial charge in [-0.25, -0.2) is 0 Å². The summed E-state index contributed by atoms with van der Waals surface area (Å²) in [6, 6.07) is 0.563. The largest absolute Gasteiger partial charge is 0.383 e. The molecule has 0 aliphatic carbocycles. The Kier molecular flexibility index (Phi) is 5.50. The second kappa shape index (κ2) is 6.45. The molecule has 3 nitrogen and oxygen atoms in total. The van der Waals surface area contributed by atoms with Crippen LogP contribution in [0.2, 0.25) is 0 Å². The summed E-state index contributed by atoms with van der Waals surface area (Å²) in [5, 5.41) is 7.13. The lowest BCUT2D eigenvalue weighted by Crippen LogP contribution is -2.42. The van der Waals surface area contributed by atoms with Gasteiger partial charge in [0.2, 0.25) is 0 Å². The predicted molar refractivity (Wildman–Crippen MR) is 61.3 cm³/mol. The summed E-state index contributed by atoms with van der Waals surface area (Å²) in [5.41, 5.74) is 0. The summed E-state index contributed by atoms with van der Waals surface area (Å²) in [6.45, 7) is 1.48. The molecule has 1 atom stereocenters. The first-order valence-corrected chi connectivity index (χ1v) is 6.00. The molecule has 1 heterocycles. The van der Waals surface area contributed by atoms with Gasteiger partial charge in [-0.1, -0.05) is 0 Å². The number of thioether (sulfide) groups is 1. The minimum atomic E-state index is 0.563. The number of nitrogens with one attached hydrogen (secondary N) is 2. The quantitative estimate of drug-likeness (QED) is 0.536. The minimum absolute atomic E-state index is 0.563. The molecule has 1 fully saturated rings. The van der Waals surface area contributed by atoms with Crippen molar-refractivity contribution in [1.29, 1.82) is 0 Å². The van der Waals surface area contributed by atoms with Crippen LogP contribution in [0, 0.1) is 0 Å². The predicted octanol–water partition coefficient (Wildman–Crippen LogP) is 0.602. The average Bonchev–Trinajstić information content (AvgIpc) is 2.57. The Bertz CT molecular complexity index is 160. The SMILES string of the molecule is COCCNC(=S)NC1CCSC1. The van der Waals surface area contributed by atoms with Crippen molar-refractivity contribution >= 4 is 29.1 Å². The highest BCUT2D eigenvalue weighted by molar-refractivity contribution is 7.99. The smallest absolute Gasteiger partial charge is 0.166 e. The van der Waals surface area contributed by atoms with Crippen molar-refractivity contribution in [1.82, 2.24) is 10.6 Å². The van der Waals surface area contributed by atoms with Crippen LogP contribution in [0.3, 0.4) is 0 Å². The fourth-order valence-electron chi connectivity index (χ4n) is 1.15. The molecule has 1 aliphatic heterocycles. The third-order valence-corrected chi connectivity index (χ3v) is 3.28. The van der Waals surface area contributed by atoms with Gasteiger partial charge in [-0.2, -0.15) is 11.8 Å². The maximum atomic E-state index is 5.12. The lowest BCUT2D eigenvalue weighted by Gasteiger charge is -2.14. The first-order valence-electron chi connectivity index (χ1n) is 4.44. The van der Waals surface area contributed by atoms with E-state index in [1.165, 1.54) is 17.9 Å². The number of thiocarbonyl (C=S) groups is 1. The summed E-state index contributed by atoms with van der Waals surface area (Å²) in [7, 11) is 1.69. The molecule has 1 unspecified atom stereocenters. The van der Waals surface area contributed by atoms with E-state index in [2.05, 4.69) is 10.6 Å². The van der Waals surface area contributed by atoms with Crippen molar-refractivity contribution in [3.8, 4) is 0 Å². The maximum absolute atomic E-state index is 5.12. The zero-order valence-corrected chi connectivity index (χ0v) is 9.47. The van der Waals surface area contributed by atoms with E-state index in [1.807, 2.05) is 11.8 Å². The van der Waals surface area contributed by atoms with Crippen LogP contribution in [0.15, 0.2) is 0 Å². The molecule has 0 radical (unpaired) electrons. The molecule has 1 rings (SSSR count). The van der Waals surface area contributed by atoms with E-state index in [0.717, 1.165) is 11.7 Å². The molecule has 76 valence electrons. The Balaban J connectivity index is 2.02. The topological polar surface area (TPSA) is 33.3 Å². The van der Waals surface area contributed by atoms with Gasteiger partial charge in [0.25, 0.3) is 0 Å². The maximum Gasteiger partial charge on any atom is 0.166 e. The zero-order valence-electron chi connectivity index (χ0n) is 7.84. The Morgan fingerprint density at radius 2 is 2.54 bits per heavy atom. The summed E-state index contributed by atoms with van der Waals surface area (Å²) in [6.07, 6.45) is 1.22. The lowest BCUT2D eigenvalue weighted by molar-refractivity contribution is 0.204. The highest BCUT2D eigenvalue weighted by atomic mass is 32.2. The van der Waals surface area contributed by atoms with Gasteiger partial charge < -0.3 is 15.4 Å². The summed E-state index contributed by atoms with van der Waals surface area (Å²) >= 11 is 7.09. The molecule has 0 amide bonds. The molecular weight excluding hydrogens is 204 g/mol. The van der Waals surface area contributed by atoms with Crippen LogP contribution in [-0.4, -0.2) is 42.9 Å². The average molecular weight is 220 g/mol. The van der Waals surface area contributed by atoms with Crippen LogP contribution in [0.25, 0.3) is 0 Å². The molecular formula is C8H16N2OS2. The Morgan fingerprint density at radius 1 is 1.69 bits per heavy atom. The van der Waals surface area contributed by atoms with Crippen molar-refractivity contribution in [2.75, 3.05) is 31.8 Å². The van der Waals surface area contributed by atoms with Gasteiger partial charge in [0.05, 0.1) is 6.61 Å². The summed E-state index contributed by atoms with van der Waals surface area (Å²) < 4.78 is 4.91.